The molecule has 8 heteroatoms. The molecular formula is C18H22FN5OS. The predicted molar refractivity (Wildman–Crippen MR) is 105 cm³/mol. The van der Waals surface area contributed by atoms with Crippen LogP contribution < -0.4 is 4.90 Å². The molecule has 4 rings (SSSR count). The van der Waals surface area contributed by atoms with Crippen LogP contribution in [0.5, 0.6) is 0 Å². The van der Waals surface area contributed by atoms with E-state index in [1.54, 1.807) is 24.2 Å². The van der Waals surface area contributed by atoms with E-state index in [0.717, 1.165) is 43.0 Å². The SMILES string of the molecule is CN(C)CCCOC1=NC2C(N3CCc4cc(F)ccc43)=NC=NC2S1. The van der Waals surface area contributed by atoms with Gasteiger partial charge in [0, 0.05) is 18.8 Å². The first-order valence-corrected chi connectivity index (χ1v) is 9.67. The van der Waals surface area contributed by atoms with Crippen LogP contribution in [-0.2, 0) is 11.2 Å². The van der Waals surface area contributed by atoms with Gasteiger partial charge < -0.3 is 14.5 Å². The molecule has 26 heavy (non-hydrogen) atoms. The second-order valence-electron chi connectivity index (χ2n) is 6.78. The Hall–Kier alpha value is -1.93. The van der Waals surface area contributed by atoms with Crippen molar-refractivity contribution in [2.75, 3.05) is 38.7 Å². The van der Waals surface area contributed by atoms with Crippen molar-refractivity contribution in [2.45, 2.75) is 24.3 Å². The lowest BCUT2D eigenvalue weighted by Gasteiger charge is -2.27. The van der Waals surface area contributed by atoms with E-state index in [0.29, 0.717) is 11.8 Å². The number of fused-ring (bicyclic) bond motifs is 2. The van der Waals surface area contributed by atoms with Crippen molar-refractivity contribution in [3.8, 4) is 0 Å². The van der Waals surface area contributed by atoms with Crippen molar-refractivity contribution >= 4 is 34.9 Å². The van der Waals surface area contributed by atoms with Crippen molar-refractivity contribution in [3.63, 3.8) is 0 Å². The molecule has 0 N–H and O–H groups in total. The second kappa shape index (κ2) is 7.36. The lowest BCUT2D eigenvalue weighted by molar-refractivity contribution is 0.278. The van der Waals surface area contributed by atoms with Gasteiger partial charge in [-0.25, -0.2) is 14.4 Å². The first-order chi connectivity index (χ1) is 12.6. The molecule has 0 radical (unpaired) electrons. The minimum Gasteiger partial charge on any atom is -0.473 e. The van der Waals surface area contributed by atoms with Crippen LogP contribution in [-0.4, -0.2) is 67.5 Å². The number of amidine groups is 1. The minimum atomic E-state index is -0.196. The number of benzene rings is 1. The van der Waals surface area contributed by atoms with E-state index in [-0.39, 0.29) is 17.2 Å². The van der Waals surface area contributed by atoms with Gasteiger partial charge in [-0.1, -0.05) is 0 Å². The topological polar surface area (TPSA) is 52.8 Å². The maximum absolute atomic E-state index is 13.5. The molecule has 138 valence electrons. The smallest absolute Gasteiger partial charge is 0.248 e. The molecule has 2 atom stereocenters. The Morgan fingerprint density at radius 1 is 1.38 bits per heavy atom. The minimum absolute atomic E-state index is 0.0316. The number of hydrogen-bond acceptors (Lipinski definition) is 7. The van der Waals surface area contributed by atoms with Crippen LogP contribution in [0.3, 0.4) is 0 Å². The molecule has 3 aliphatic heterocycles. The van der Waals surface area contributed by atoms with E-state index in [1.807, 2.05) is 20.2 Å². The first-order valence-electron chi connectivity index (χ1n) is 8.79. The number of anilines is 1. The molecule has 0 fully saturated rings. The Morgan fingerprint density at radius 2 is 2.27 bits per heavy atom. The Balaban J connectivity index is 1.47. The summed E-state index contributed by atoms with van der Waals surface area (Å²) in [6, 6.07) is 4.78. The Kier molecular flexibility index (Phi) is 4.95. The monoisotopic (exact) mass is 375 g/mol. The third-order valence-electron chi connectivity index (χ3n) is 4.59. The number of rotatable bonds is 4. The normalized spacial score (nSPS) is 23.8. The zero-order valence-electron chi connectivity index (χ0n) is 14.9. The summed E-state index contributed by atoms with van der Waals surface area (Å²) in [7, 11) is 4.10. The molecule has 0 aliphatic carbocycles. The molecule has 0 amide bonds. The van der Waals surface area contributed by atoms with Gasteiger partial charge in [0.25, 0.3) is 0 Å². The molecule has 0 bridgehead atoms. The average Bonchev–Trinajstić information content (AvgIpc) is 3.21. The van der Waals surface area contributed by atoms with E-state index in [2.05, 4.69) is 19.8 Å². The highest BCUT2D eigenvalue weighted by Gasteiger charge is 2.40. The maximum atomic E-state index is 13.5. The number of hydrogen-bond donors (Lipinski definition) is 0. The Morgan fingerprint density at radius 3 is 3.12 bits per heavy atom. The molecule has 3 heterocycles. The Labute approximate surface area is 156 Å². The van der Waals surface area contributed by atoms with Crippen molar-refractivity contribution in [1.82, 2.24) is 4.90 Å². The summed E-state index contributed by atoms with van der Waals surface area (Å²) in [4.78, 5) is 18.0. The summed E-state index contributed by atoms with van der Waals surface area (Å²) in [5.41, 5.74) is 2.03. The van der Waals surface area contributed by atoms with Crippen molar-refractivity contribution < 1.29 is 9.13 Å². The molecular weight excluding hydrogens is 353 g/mol. The molecule has 2 unspecified atom stereocenters. The van der Waals surface area contributed by atoms with Crippen LogP contribution in [0.2, 0.25) is 0 Å². The molecule has 1 aromatic carbocycles. The zero-order chi connectivity index (χ0) is 18.1. The van der Waals surface area contributed by atoms with E-state index >= 15 is 0 Å². The van der Waals surface area contributed by atoms with Gasteiger partial charge in [0.05, 0.1) is 6.61 Å². The highest BCUT2D eigenvalue weighted by atomic mass is 32.2. The summed E-state index contributed by atoms with van der Waals surface area (Å²) in [5, 5.41) is 0.653. The van der Waals surface area contributed by atoms with E-state index < -0.39 is 0 Å². The van der Waals surface area contributed by atoms with E-state index in [4.69, 9.17) is 9.73 Å². The summed E-state index contributed by atoms with van der Waals surface area (Å²) < 4.78 is 19.3. The Bertz CT molecular complexity index is 779. The van der Waals surface area contributed by atoms with Crippen molar-refractivity contribution in [3.05, 3.63) is 29.6 Å². The highest BCUT2D eigenvalue weighted by molar-refractivity contribution is 8.14. The van der Waals surface area contributed by atoms with Crippen LogP contribution in [0.15, 0.2) is 33.2 Å². The highest BCUT2D eigenvalue weighted by Crippen LogP contribution is 2.36. The molecule has 3 aliphatic rings. The number of halogens is 1. The summed E-state index contributed by atoms with van der Waals surface area (Å²) in [6.45, 7) is 2.41. The number of nitrogens with zero attached hydrogens (tertiary/aromatic N) is 5. The van der Waals surface area contributed by atoms with Gasteiger partial charge in [-0.2, -0.15) is 0 Å². The number of aliphatic imine (C=N–C) groups is 3. The predicted octanol–water partition coefficient (Wildman–Crippen LogP) is 2.39. The van der Waals surface area contributed by atoms with Gasteiger partial charge in [0.2, 0.25) is 5.23 Å². The first kappa shape index (κ1) is 17.5. The number of ether oxygens (including phenoxy) is 1. The summed E-state index contributed by atoms with van der Waals surface area (Å²) in [5.74, 6) is 0.674. The van der Waals surface area contributed by atoms with E-state index in [1.165, 1.54) is 6.07 Å². The summed E-state index contributed by atoms with van der Waals surface area (Å²) in [6.07, 6.45) is 3.37. The lowest BCUT2D eigenvalue weighted by atomic mass is 10.1. The van der Waals surface area contributed by atoms with Crippen molar-refractivity contribution in [2.24, 2.45) is 15.0 Å². The fourth-order valence-corrected chi connectivity index (χ4v) is 4.32. The van der Waals surface area contributed by atoms with E-state index in [9.17, 15) is 4.39 Å². The largest absolute Gasteiger partial charge is 0.473 e. The van der Waals surface area contributed by atoms with Gasteiger partial charge in [-0.05, 0) is 62.5 Å². The third kappa shape index (κ3) is 3.48. The van der Waals surface area contributed by atoms with Crippen LogP contribution in [0.25, 0.3) is 0 Å². The standard InChI is InChI=1S/C18H22FN5OS/c1-23(2)7-3-9-25-18-22-15-16(20-11-21-17(15)26-18)24-8-6-12-10-13(19)4-5-14(12)24/h4-5,10-11,15,17H,3,6-9H2,1-2H3. The van der Waals surface area contributed by atoms with Gasteiger partial charge >= 0.3 is 0 Å². The third-order valence-corrected chi connectivity index (χ3v) is 5.64. The van der Waals surface area contributed by atoms with Gasteiger partial charge in [-0.3, -0.25) is 4.99 Å². The van der Waals surface area contributed by atoms with Gasteiger partial charge in [0.15, 0.2) is 0 Å². The lowest BCUT2D eigenvalue weighted by Crippen LogP contribution is -2.42. The molecule has 0 saturated heterocycles. The molecule has 0 aromatic heterocycles. The van der Waals surface area contributed by atoms with Gasteiger partial charge in [-0.15, -0.1) is 0 Å². The number of thioether (sulfide) groups is 1. The average molecular weight is 375 g/mol. The summed E-state index contributed by atoms with van der Waals surface area (Å²) >= 11 is 1.55. The van der Waals surface area contributed by atoms with Crippen LogP contribution >= 0.6 is 11.8 Å². The quantitative estimate of drug-likeness (QED) is 0.759. The van der Waals surface area contributed by atoms with Crippen molar-refractivity contribution in [1.29, 1.82) is 0 Å². The van der Waals surface area contributed by atoms with Crippen LogP contribution in [0.1, 0.15) is 12.0 Å². The zero-order valence-corrected chi connectivity index (χ0v) is 15.7. The molecule has 1 aromatic rings. The fraction of sp³-hybridized carbons (Fsp3) is 0.500. The maximum Gasteiger partial charge on any atom is 0.248 e. The van der Waals surface area contributed by atoms with Gasteiger partial charge in [0.1, 0.15) is 29.4 Å². The molecule has 0 saturated carbocycles. The fourth-order valence-electron chi connectivity index (χ4n) is 3.36. The second-order valence-corrected chi connectivity index (χ2v) is 7.85. The van der Waals surface area contributed by atoms with Crippen LogP contribution in [0.4, 0.5) is 10.1 Å². The molecule has 6 nitrogen and oxygen atoms in total. The molecule has 0 spiro atoms. The van der Waals surface area contributed by atoms with Crippen LogP contribution in [0, 0.1) is 5.82 Å².